The molecule has 1 aliphatic heterocycles. The Labute approximate surface area is 235 Å². The predicted octanol–water partition coefficient (Wildman–Crippen LogP) is 4.06. The third-order valence-electron chi connectivity index (χ3n) is 7.09. The van der Waals surface area contributed by atoms with Crippen LogP contribution in [0, 0.1) is 6.92 Å². The van der Waals surface area contributed by atoms with Gasteiger partial charge in [0, 0.05) is 62.6 Å². The topological polar surface area (TPSA) is 83.7 Å². The number of aromatic nitrogens is 4. The van der Waals surface area contributed by atoms with Crippen molar-refractivity contribution in [2.45, 2.75) is 33.6 Å². The second-order valence-electron chi connectivity index (χ2n) is 10.2. The van der Waals surface area contributed by atoms with Gasteiger partial charge in [-0.05, 0) is 63.2 Å². The summed E-state index contributed by atoms with van der Waals surface area (Å²) in [4.78, 5) is 23.5. The van der Waals surface area contributed by atoms with E-state index in [0.717, 1.165) is 89.3 Å². The van der Waals surface area contributed by atoms with Crippen LogP contribution in [0.25, 0.3) is 22.9 Å². The molecule has 0 spiro atoms. The molecule has 1 fully saturated rings. The normalized spacial score (nSPS) is 15.7. The van der Waals surface area contributed by atoms with Gasteiger partial charge in [0.1, 0.15) is 16.8 Å². The number of aryl methyl sites for hydroxylation is 2. The third kappa shape index (κ3) is 6.15. The SMILES string of the molecule is C\C=N/C(Nc1ccc(Oc2ccc3c(c2)ncn3C)c(C)c1)=c1/nc(N2CCN(C)CC2)nc/c1=C\CCC. The first kappa shape index (κ1) is 27.3. The number of fused-ring (bicyclic) bond motifs is 1. The lowest BCUT2D eigenvalue weighted by Gasteiger charge is -2.32. The fraction of sp³-hybridized carbons (Fsp3) is 0.355. The van der Waals surface area contributed by atoms with Gasteiger partial charge in [-0.3, -0.25) is 0 Å². The number of hydrogen-bond donors (Lipinski definition) is 1. The number of nitrogens with one attached hydrogen (secondary N) is 1. The monoisotopic (exact) mass is 538 g/mol. The van der Waals surface area contributed by atoms with Crippen LogP contribution in [0.2, 0.25) is 0 Å². The molecule has 0 atom stereocenters. The van der Waals surface area contributed by atoms with Crippen molar-refractivity contribution in [1.29, 1.82) is 0 Å². The average molecular weight is 539 g/mol. The van der Waals surface area contributed by atoms with Crippen molar-refractivity contribution in [2.24, 2.45) is 12.0 Å². The van der Waals surface area contributed by atoms with Crippen molar-refractivity contribution in [3.63, 3.8) is 0 Å². The second kappa shape index (κ2) is 12.3. The molecule has 1 saturated heterocycles. The molecule has 4 aromatic rings. The van der Waals surface area contributed by atoms with Crippen LogP contribution in [-0.4, -0.2) is 63.9 Å². The predicted molar refractivity (Wildman–Crippen MR) is 164 cm³/mol. The number of benzene rings is 2. The minimum Gasteiger partial charge on any atom is -0.457 e. The summed E-state index contributed by atoms with van der Waals surface area (Å²) in [6.07, 6.45) is 9.72. The van der Waals surface area contributed by atoms with Gasteiger partial charge in [0.2, 0.25) is 5.95 Å². The summed E-state index contributed by atoms with van der Waals surface area (Å²) in [5, 5.41) is 5.31. The zero-order chi connectivity index (χ0) is 28.1. The quantitative estimate of drug-likeness (QED) is 0.339. The molecule has 0 unspecified atom stereocenters. The average Bonchev–Trinajstić information content (AvgIpc) is 3.33. The lowest BCUT2D eigenvalue weighted by atomic mass is 10.2. The Morgan fingerprint density at radius 1 is 1.07 bits per heavy atom. The van der Waals surface area contributed by atoms with E-state index in [-0.39, 0.29) is 0 Å². The van der Waals surface area contributed by atoms with E-state index >= 15 is 0 Å². The minimum atomic E-state index is 0.691. The van der Waals surface area contributed by atoms with Crippen molar-refractivity contribution < 1.29 is 4.74 Å². The Morgan fingerprint density at radius 2 is 1.90 bits per heavy atom. The Kier molecular flexibility index (Phi) is 8.40. The maximum Gasteiger partial charge on any atom is 0.226 e. The first-order chi connectivity index (χ1) is 19.4. The number of imidazole rings is 1. The summed E-state index contributed by atoms with van der Waals surface area (Å²) in [6, 6.07) is 12.0. The molecule has 0 saturated carbocycles. The van der Waals surface area contributed by atoms with E-state index < -0.39 is 0 Å². The van der Waals surface area contributed by atoms with Crippen molar-refractivity contribution >= 4 is 40.8 Å². The summed E-state index contributed by atoms with van der Waals surface area (Å²) in [5.41, 5.74) is 3.89. The smallest absolute Gasteiger partial charge is 0.226 e. The highest BCUT2D eigenvalue weighted by molar-refractivity contribution is 5.77. The van der Waals surface area contributed by atoms with Crippen molar-refractivity contribution in [3.05, 3.63) is 65.1 Å². The molecular formula is C31H38N8O. The fourth-order valence-electron chi connectivity index (χ4n) is 4.75. The largest absolute Gasteiger partial charge is 0.457 e. The highest BCUT2D eigenvalue weighted by atomic mass is 16.5. The lowest BCUT2D eigenvalue weighted by molar-refractivity contribution is 0.311. The zero-order valence-electron chi connectivity index (χ0n) is 24.1. The fourth-order valence-corrected chi connectivity index (χ4v) is 4.75. The molecule has 9 nitrogen and oxygen atoms in total. The van der Waals surface area contributed by atoms with Crippen LogP contribution in [0.1, 0.15) is 32.3 Å². The number of anilines is 2. The number of likely N-dealkylation sites (N-methyl/N-ethyl adjacent to an activating group) is 1. The van der Waals surface area contributed by atoms with Crippen molar-refractivity contribution in [1.82, 2.24) is 24.4 Å². The van der Waals surface area contributed by atoms with E-state index in [4.69, 9.17) is 19.7 Å². The van der Waals surface area contributed by atoms with Crippen molar-refractivity contribution in [2.75, 3.05) is 43.4 Å². The van der Waals surface area contributed by atoms with E-state index in [1.54, 1.807) is 6.21 Å². The molecular weight excluding hydrogens is 500 g/mol. The number of unbranched alkanes of at least 4 members (excludes halogenated alkanes) is 1. The Morgan fingerprint density at radius 3 is 2.65 bits per heavy atom. The third-order valence-corrected chi connectivity index (χ3v) is 7.09. The van der Waals surface area contributed by atoms with Crippen LogP contribution in [0.5, 0.6) is 11.5 Å². The van der Waals surface area contributed by atoms with Gasteiger partial charge in [-0.2, -0.15) is 0 Å². The Bertz CT molecular complexity index is 1630. The van der Waals surface area contributed by atoms with Crippen LogP contribution in [0.15, 0.2) is 53.9 Å². The van der Waals surface area contributed by atoms with Gasteiger partial charge < -0.3 is 24.4 Å². The first-order valence-corrected chi connectivity index (χ1v) is 13.9. The lowest BCUT2D eigenvalue weighted by Crippen LogP contribution is -2.46. The number of rotatable bonds is 8. The van der Waals surface area contributed by atoms with Gasteiger partial charge in [0.05, 0.1) is 17.4 Å². The molecule has 9 heteroatoms. The van der Waals surface area contributed by atoms with Crippen molar-refractivity contribution in [3.8, 4) is 11.5 Å². The van der Waals surface area contributed by atoms with E-state index in [1.807, 2.05) is 68.3 Å². The van der Waals surface area contributed by atoms with Crippen LogP contribution < -0.4 is 25.5 Å². The highest BCUT2D eigenvalue weighted by Crippen LogP contribution is 2.29. The molecule has 0 aliphatic carbocycles. The maximum atomic E-state index is 6.22. The number of nitrogens with zero attached hydrogens (tertiary/aromatic N) is 7. The Balaban J connectivity index is 1.46. The van der Waals surface area contributed by atoms with Gasteiger partial charge >= 0.3 is 0 Å². The molecule has 1 aliphatic rings. The van der Waals surface area contributed by atoms with Crippen LogP contribution in [-0.2, 0) is 7.05 Å². The summed E-state index contributed by atoms with van der Waals surface area (Å²) in [7, 11) is 4.13. The van der Waals surface area contributed by atoms with Gasteiger partial charge in [-0.25, -0.2) is 19.9 Å². The highest BCUT2D eigenvalue weighted by Gasteiger charge is 2.17. The van der Waals surface area contributed by atoms with Gasteiger partial charge in [-0.1, -0.05) is 19.4 Å². The number of ether oxygens (including phenoxy) is 1. The molecule has 5 rings (SSSR count). The van der Waals surface area contributed by atoms with Gasteiger partial charge in [0.15, 0.2) is 5.82 Å². The molecule has 3 heterocycles. The maximum absolute atomic E-state index is 6.22. The standard InChI is InChI=1S/C31H38N8O/c1-6-8-9-23-20-33-31(39-16-14-37(4)15-17-39)36-29(23)30(32-7-2)35-24-10-13-28(22(3)18-24)40-25-11-12-27-26(19-25)34-21-38(27)5/h7,9-13,18-21,35H,6,8,14-17H2,1-5H3/b23-9+,30-29-,32-7-. The number of aliphatic imine (C=N–C) groups is 1. The molecule has 40 heavy (non-hydrogen) atoms. The van der Waals surface area contributed by atoms with Gasteiger partial charge in [0.25, 0.3) is 0 Å². The first-order valence-electron chi connectivity index (χ1n) is 13.9. The zero-order valence-corrected chi connectivity index (χ0v) is 24.1. The summed E-state index contributed by atoms with van der Waals surface area (Å²) in [5.74, 6) is 2.98. The van der Waals surface area contributed by atoms with E-state index in [2.05, 4.69) is 46.2 Å². The molecule has 0 radical (unpaired) electrons. The van der Waals surface area contributed by atoms with Crippen LogP contribution in [0.4, 0.5) is 11.6 Å². The summed E-state index contributed by atoms with van der Waals surface area (Å²) in [6.45, 7) is 9.92. The molecule has 1 N–H and O–H groups in total. The minimum absolute atomic E-state index is 0.691. The second-order valence-corrected chi connectivity index (χ2v) is 10.2. The van der Waals surface area contributed by atoms with E-state index in [0.29, 0.717) is 5.82 Å². The molecule has 0 bridgehead atoms. The molecule has 2 aromatic heterocycles. The van der Waals surface area contributed by atoms with Crippen LogP contribution in [0.3, 0.4) is 0 Å². The number of hydrogen-bond acceptors (Lipinski definition) is 8. The number of piperazine rings is 1. The van der Waals surface area contributed by atoms with E-state index in [9.17, 15) is 0 Å². The van der Waals surface area contributed by atoms with E-state index in [1.165, 1.54) is 0 Å². The van der Waals surface area contributed by atoms with Crippen LogP contribution >= 0.6 is 0 Å². The molecule has 0 amide bonds. The Hall–Kier alpha value is -4.24. The molecule has 208 valence electrons. The molecule has 2 aromatic carbocycles. The summed E-state index contributed by atoms with van der Waals surface area (Å²) >= 11 is 0. The summed E-state index contributed by atoms with van der Waals surface area (Å²) < 4.78 is 8.22. The van der Waals surface area contributed by atoms with Gasteiger partial charge in [-0.15, -0.1) is 0 Å².